The number of rotatable bonds is 4. The zero-order chi connectivity index (χ0) is 14.7. The summed E-state index contributed by atoms with van der Waals surface area (Å²) in [4.78, 5) is 11.3. The third kappa shape index (κ3) is 2.77. The summed E-state index contributed by atoms with van der Waals surface area (Å²) in [5.74, 6) is 2.46. The fourth-order valence-corrected chi connectivity index (χ4v) is 1.65. The van der Waals surface area contributed by atoms with Gasteiger partial charge < -0.3 is 9.15 Å². The molecule has 7 heteroatoms. The first-order valence-corrected chi connectivity index (χ1v) is 5.70. The van der Waals surface area contributed by atoms with Crippen LogP contribution >= 0.6 is 0 Å². The Balaban J connectivity index is 2.12. The van der Waals surface area contributed by atoms with Gasteiger partial charge in [-0.05, 0) is 25.1 Å². The van der Waals surface area contributed by atoms with E-state index in [2.05, 4.69) is 0 Å². The van der Waals surface area contributed by atoms with E-state index in [1.54, 1.807) is 13.0 Å². The van der Waals surface area contributed by atoms with E-state index < -0.39 is 17.5 Å². The van der Waals surface area contributed by atoms with Gasteiger partial charge in [-0.2, -0.15) is 4.39 Å². The Hall–Kier alpha value is -2.41. The van der Waals surface area contributed by atoms with E-state index in [0.29, 0.717) is 11.3 Å². The smallest absolute Gasteiger partial charge is 0.301 e. The van der Waals surface area contributed by atoms with Crippen molar-refractivity contribution in [3.8, 4) is 5.75 Å². The number of hydrazine groups is 1. The summed E-state index contributed by atoms with van der Waals surface area (Å²) in [6, 6.07) is 5.17. The first kappa shape index (κ1) is 14.0. The van der Waals surface area contributed by atoms with Crippen molar-refractivity contribution >= 4 is 5.91 Å². The molecule has 3 N–H and O–H groups in total. The first-order chi connectivity index (χ1) is 9.52. The number of amides is 1. The van der Waals surface area contributed by atoms with Crippen LogP contribution in [0.4, 0.5) is 8.78 Å². The zero-order valence-electron chi connectivity index (χ0n) is 10.6. The van der Waals surface area contributed by atoms with Crippen molar-refractivity contribution in [2.75, 3.05) is 0 Å². The third-order valence-electron chi connectivity index (χ3n) is 2.59. The minimum Gasteiger partial charge on any atom is -0.482 e. The van der Waals surface area contributed by atoms with Gasteiger partial charge in [0.15, 0.2) is 17.3 Å². The Morgan fingerprint density at radius 3 is 2.90 bits per heavy atom. The molecule has 0 saturated carbocycles. The maximum absolute atomic E-state index is 13.4. The van der Waals surface area contributed by atoms with Gasteiger partial charge in [-0.15, -0.1) is 0 Å². The Morgan fingerprint density at radius 1 is 1.45 bits per heavy atom. The average Bonchev–Trinajstić information content (AvgIpc) is 2.81. The average molecular weight is 282 g/mol. The lowest BCUT2D eigenvalue weighted by molar-refractivity contribution is 0.0921. The number of halogens is 2. The van der Waals surface area contributed by atoms with Gasteiger partial charge in [0, 0.05) is 5.56 Å². The molecule has 0 spiro atoms. The first-order valence-electron chi connectivity index (χ1n) is 5.70. The summed E-state index contributed by atoms with van der Waals surface area (Å²) in [6.45, 7) is 1.51. The number of nitrogens with one attached hydrogen (secondary N) is 1. The summed E-state index contributed by atoms with van der Waals surface area (Å²) in [5.41, 5.74) is 2.50. The largest absolute Gasteiger partial charge is 0.482 e. The van der Waals surface area contributed by atoms with Crippen molar-refractivity contribution < 1.29 is 22.7 Å². The maximum atomic E-state index is 13.4. The third-order valence-corrected chi connectivity index (χ3v) is 2.59. The van der Waals surface area contributed by atoms with E-state index in [-0.39, 0.29) is 18.1 Å². The van der Waals surface area contributed by atoms with Gasteiger partial charge >= 0.3 is 5.91 Å². The molecule has 0 bridgehead atoms. The van der Waals surface area contributed by atoms with E-state index in [1.807, 2.05) is 5.43 Å². The SMILES string of the molecule is Cc1cc(COc2cccc(F)c2F)oc1C(=O)NN. The van der Waals surface area contributed by atoms with Crippen molar-refractivity contribution in [2.45, 2.75) is 13.5 Å². The molecule has 0 unspecified atom stereocenters. The van der Waals surface area contributed by atoms with E-state index in [0.717, 1.165) is 6.07 Å². The molecule has 0 aliphatic rings. The molecule has 0 aliphatic heterocycles. The summed E-state index contributed by atoms with van der Waals surface area (Å²) >= 11 is 0. The molecule has 0 aliphatic carbocycles. The van der Waals surface area contributed by atoms with Crippen molar-refractivity contribution in [1.29, 1.82) is 0 Å². The molecular weight excluding hydrogens is 270 g/mol. The number of hydrogen-bond acceptors (Lipinski definition) is 4. The lowest BCUT2D eigenvalue weighted by Crippen LogP contribution is -2.30. The van der Waals surface area contributed by atoms with Crippen LogP contribution in [0.25, 0.3) is 0 Å². The van der Waals surface area contributed by atoms with E-state index in [4.69, 9.17) is 15.0 Å². The number of ether oxygens (including phenoxy) is 1. The van der Waals surface area contributed by atoms with Crippen molar-refractivity contribution in [3.05, 3.63) is 53.0 Å². The Morgan fingerprint density at radius 2 is 2.20 bits per heavy atom. The number of nitrogens with two attached hydrogens (primary N) is 1. The van der Waals surface area contributed by atoms with Gasteiger partial charge in [-0.3, -0.25) is 10.2 Å². The molecule has 0 atom stereocenters. The van der Waals surface area contributed by atoms with E-state index in [9.17, 15) is 13.6 Å². The van der Waals surface area contributed by atoms with Crippen LogP contribution in [-0.2, 0) is 6.61 Å². The normalized spacial score (nSPS) is 10.4. The Bertz CT molecular complexity index is 641. The lowest BCUT2D eigenvalue weighted by Gasteiger charge is -2.05. The Labute approximate surface area is 113 Å². The number of furan rings is 1. The Kier molecular flexibility index (Phi) is 3.99. The number of carbonyl (C=O) groups is 1. The van der Waals surface area contributed by atoms with Crippen LogP contribution in [0.1, 0.15) is 21.9 Å². The molecule has 1 aromatic carbocycles. The highest BCUT2D eigenvalue weighted by Crippen LogP contribution is 2.21. The molecule has 1 aromatic heterocycles. The molecule has 0 radical (unpaired) electrons. The van der Waals surface area contributed by atoms with Crippen LogP contribution in [0.2, 0.25) is 0 Å². The second-order valence-electron chi connectivity index (χ2n) is 4.04. The number of aryl methyl sites for hydroxylation is 1. The zero-order valence-corrected chi connectivity index (χ0v) is 10.6. The molecule has 0 fully saturated rings. The summed E-state index contributed by atoms with van der Waals surface area (Å²) in [6.07, 6.45) is 0. The second kappa shape index (κ2) is 5.70. The minimum absolute atomic E-state index is 0.0471. The second-order valence-corrected chi connectivity index (χ2v) is 4.04. The number of nitrogen functional groups attached to an aromatic ring is 1. The molecule has 106 valence electrons. The fraction of sp³-hybridized carbons (Fsp3) is 0.154. The molecule has 20 heavy (non-hydrogen) atoms. The fourth-order valence-electron chi connectivity index (χ4n) is 1.65. The van der Waals surface area contributed by atoms with Crippen molar-refractivity contribution in [2.24, 2.45) is 5.84 Å². The monoisotopic (exact) mass is 282 g/mol. The number of hydrogen-bond donors (Lipinski definition) is 2. The van der Waals surface area contributed by atoms with Gasteiger partial charge in [0.2, 0.25) is 5.82 Å². The summed E-state index contributed by atoms with van der Waals surface area (Å²) in [5, 5.41) is 0. The minimum atomic E-state index is -1.07. The van der Waals surface area contributed by atoms with E-state index >= 15 is 0 Å². The summed E-state index contributed by atoms with van der Waals surface area (Å²) in [7, 11) is 0. The molecule has 5 nitrogen and oxygen atoms in total. The molecule has 2 rings (SSSR count). The number of benzene rings is 1. The van der Waals surface area contributed by atoms with E-state index in [1.165, 1.54) is 12.1 Å². The maximum Gasteiger partial charge on any atom is 0.301 e. The molecule has 0 saturated heterocycles. The predicted molar refractivity (Wildman–Crippen MR) is 65.8 cm³/mol. The van der Waals surface area contributed by atoms with Crippen LogP contribution in [-0.4, -0.2) is 5.91 Å². The number of carbonyl (C=O) groups excluding carboxylic acids is 1. The quantitative estimate of drug-likeness (QED) is 0.511. The van der Waals surface area contributed by atoms with Crippen molar-refractivity contribution in [3.63, 3.8) is 0 Å². The van der Waals surface area contributed by atoms with Crippen LogP contribution < -0.4 is 16.0 Å². The standard InChI is InChI=1S/C13H12F2N2O3/c1-7-5-8(20-12(7)13(18)17-16)6-19-10-4-2-3-9(14)11(10)15/h2-5H,6,16H2,1H3,(H,17,18). The van der Waals surface area contributed by atoms with Gasteiger partial charge in [0.05, 0.1) is 0 Å². The highest BCUT2D eigenvalue weighted by molar-refractivity contribution is 5.92. The molecule has 1 heterocycles. The highest BCUT2D eigenvalue weighted by atomic mass is 19.2. The van der Waals surface area contributed by atoms with Crippen molar-refractivity contribution in [1.82, 2.24) is 5.43 Å². The molecular formula is C13H12F2N2O3. The van der Waals surface area contributed by atoms with Crippen LogP contribution in [0.3, 0.4) is 0 Å². The van der Waals surface area contributed by atoms with Crippen LogP contribution in [0, 0.1) is 18.6 Å². The van der Waals surface area contributed by atoms with Crippen LogP contribution in [0.5, 0.6) is 5.75 Å². The molecule has 2 aromatic rings. The van der Waals surface area contributed by atoms with Gasteiger partial charge in [0.1, 0.15) is 12.4 Å². The highest BCUT2D eigenvalue weighted by Gasteiger charge is 2.15. The molecule has 1 amide bonds. The van der Waals surface area contributed by atoms with Gasteiger partial charge in [-0.25, -0.2) is 10.2 Å². The topological polar surface area (TPSA) is 77.5 Å². The van der Waals surface area contributed by atoms with Crippen LogP contribution in [0.15, 0.2) is 28.7 Å². The van der Waals surface area contributed by atoms with Gasteiger partial charge in [-0.1, -0.05) is 6.07 Å². The lowest BCUT2D eigenvalue weighted by atomic mass is 10.2. The predicted octanol–water partition coefficient (Wildman–Crippen LogP) is 2.05. The van der Waals surface area contributed by atoms with Gasteiger partial charge in [0.25, 0.3) is 0 Å². The summed E-state index contributed by atoms with van der Waals surface area (Å²) < 4.78 is 36.7.